The second-order valence-electron chi connectivity index (χ2n) is 6.76. The number of hydrogen-bond acceptors (Lipinski definition) is 4. The molecule has 0 spiro atoms. The summed E-state index contributed by atoms with van der Waals surface area (Å²) in [5, 5.41) is 3.96. The topological polar surface area (TPSA) is 49.6 Å². The molecule has 0 aliphatic heterocycles. The predicted octanol–water partition coefficient (Wildman–Crippen LogP) is 3.28. The highest BCUT2D eigenvalue weighted by Crippen LogP contribution is 2.40. The van der Waals surface area contributed by atoms with Crippen LogP contribution in [-0.4, -0.2) is 41.5 Å². The molecule has 1 fully saturated rings. The molecule has 24 heavy (non-hydrogen) atoms. The van der Waals surface area contributed by atoms with Crippen LogP contribution < -0.4 is 0 Å². The maximum absolute atomic E-state index is 12.6. The Bertz CT molecular complexity index is 687. The number of hydrogen-bond donors (Lipinski definition) is 0. The van der Waals surface area contributed by atoms with Crippen LogP contribution in [0.1, 0.15) is 53.1 Å². The molecule has 3 rings (SSSR count). The van der Waals surface area contributed by atoms with E-state index in [2.05, 4.69) is 48.4 Å². The minimum absolute atomic E-state index is 0.0643. The van der Waals surface area contributed by atoms with Gasteiger partial charge in [-0.25, -0.2) is 0 Å². The summed E-state index contributed by atoms with van der Waals surface area (Å²) in [7, 11) is 4.11. The molecule has 0 unspecified atom stereocenters. The van der Waals surface area contributed by atoms with Gasteiger partial charge in [-0.05, 0) is 45.0 Å². The van der Waals surface area contributed by atoms with Gasteiger partial charge in [0.2, 0.25) is 0 Å². The Labute approximate surface area is 143 Å². The standard InChI is InChI=1S/C19H25N3O2/c1-4-22(13-15-7-5-14(6-8-15)12-21(2)3)19(23)17-11-18(24-20-17)16-9-10-16/h5-8,11,16H,4,9-10,12-13H2,1-3H3. The minimum Gasteiger partial charge on any atom is -0.360 e. The quantitative estimate of drug-likeness (QED) is 0.783. The zero-order chi connectivity index (χ0) is 17.1. The molecule has 1 heterocycles. The second kappa shape index (κ2) is 7.18. The summed E-state index contributed by atoms with van der Waals surface area (Å²) in [6.07, 6.45) is 2.28. The fourth-order valence-electron chi connectivity index (χ4n) is 2.78. The van der Waals surface area contributed by atoms with Gasteiger partial charge in [0.1, 0.15) is 5.76 Å². The molecular formula is C19H25N3O2. The summed E-state index contributed by atoms with van der Waals surface area (Å²) < 4.78 is 5.31. The Balaban J connectivity index is 1.65. The number of amides is 1. The highest BCUT2D eigenvalue weighted by molar-refractivity contribution is 5.92. The first-order chi connectivity index (χ1) is 11.6. The first-order valence-electron chi connectivity index (χ1n) is 8.55. The fourth-order valence-corrected chi connectivity index (χ4v) is 2.78. The molecule has 1 aliphatic rings. The molecule has 1 amide bonds. The number of nitrogens with zero attached hydrogens (tertiary/aromatic N) is 3. The van der Waals surface area contributed by atoms with Crippen LogP contribution in [-0.2, 0) is 13.1 Å². The lowest BCUT2D eigenvalue weighted by Gasteiger charge is -2.20. The van der Waals surface area contributed by atoms with Crippen molar-refractivity contribution in [3.05, 3.63) is 52.9 Å². The van der Waals surface area contributed by atoms with E-state index >= 15 is 0 Å². The van der Waals surface area contributed by atoms with E-state index in [0.717, 1.165) is 30.7 Å². The van der Waals surface area contributed by atoms with E-state index in [1.165, 1.54) is 5.56 Å². The fraction of sp³-hybridized carbons (Fsp3) is 0.474. The normalized spacial score (nSPS) is 14.2. The molecule has 1 aromatic heterocycles. The summed E-state index contributed by atoms with van der Waals surface area (Å²) in [4.78, 5) is 16.6. The molecule has 0 N–H and O–H groups in total. The average Bonchev–Trinajstić information content (AvgIpc) is 3.30. The van der Waals surface area contributed by atoms with Crippen molar-refractivity contribution in [1.82, 2.24) is 15.0 Å². The van der Waals surface area contributed by atoms with E-state index in [1.807, 2.05) is 13.0 Å². The van der Waals surface area contributed by atoms with E-state index < -0.39 is 0 Å². The molecule has 0 atom stereocenters. The van der Waals surface area contributed by atoms with Crippen LogP contribution in [0.3, 0.4) is 0 Å². The molecular weight excluding hydrogens is 302 g/mol. The van der Waals surface area contributed by atoms with Crippen LogP contribution in [0.2, 0.25) is 0 Å². The molecule has 1 saturated carbocycles. The van der Waals surface area contributed by atoms with Gasteiger partial charge in [-0.15, -0.1) is 0 Å². The number of benzene rings is 1. The van der Waals surface area contributed by atoms with E-state index in [4.69, 9.17) is 4.52 Å². The van der Waals surface area contributed by atoms with Gasteiger partial charge in [0.15, 0.2) is 5.69 Å². The Hall–Kier alpha value is -2.14. The number of carbonyl (C=O) groups is 1. The molecule has 2 aromatic rings. The van der Waals surface area contributed by atoms with Gasteiger partial charge in [-0.2, -0.15) is 0 Å². The third-order valence-corrected chi connectivity index (χ3v) is 4.29. The van der Waals surface area contributed by atoms with Gasteiger partial charge in [0.25, 0.3) is 5.91 Å². The lowest BCUT2D eigenvalue weighted by molar-refractivity contribution is 0.0742. The molecule has 0 saturated heterocycles. The maximum atomic E-state index is 12.6. The third-order valence-electron chi connectivity index (χ3n) is 4.29. The zero-order valence-electron chi connectivity index (χ0n) is 14.7. The van der Waals surface area contributed by atoms with Gasteiger partial charge in [-0.1, -0.05) is 29.4 Å². The van der Waals surface area contributed by atoms with Crippen LogP contribution in [0.5, 0.6) is 0 Å². The summed E-state index contributed by atoms with van der Waals surface area (Å²) in [5.41, 5.74) is 2.81. The first kappa shape index (κ1) is 16.7. The molecule has 128 valence electrons. The molecule has 0 radical (unpaired) electrons. The van der Waals surface area contributed by atoms with E-state index in [0.29, 0.717) is 24.7 Å². The van der Waals surface area contributed by atoms with E-state index in [9.17, 15) is 4.79 Å². The average molecular weight is 327 g/mol. The third kappa shape index (κ3) is 4.03. The van der Waals surface area contributed by atoms with Crippen molar-refractivity contribution in [3.8, 4) is 0 Å². The van der Waals surface area contributed by atoms with Crippen LogP contribution in [0.25, 0.3) is 0 Å². The summed E-state index contributed by atoms with van der Waals surface area (Å²) >= 11 is 0. The number of aromatic nitrogens is 1. The maximum Gasteiger partial charge on any atom is 0.276 e. The molecule has 1 aliphatic carbocycles. The Morgan fingerprint density at radius 1 is 1.17 bits per heavy atom. The van der Waals surface area contributed by atoms with Crippen LogP contribution in [0.4, 0.5) is 0 Å². The van der Waals surface area contributed by atoms with Crippen molar-refractivity contribution < 1.29 is 9.32 Å². The van der Waals surface area contributed by atoms with Crippen molar-refractivity contribution in [3.63, 3.8) is 0 Å². The van der Waals surface area contributed by atoms with Crippen molar-refractivity contribution in [2.45, 2.75) is 38.8 Å². The monoisotopic (exact) mass is 327 g/mol. The molecule has 1 aromatic carbocycles. The van der Waals surface area contributed by atoms with Crippen LogP contribution >= 0.6 is 0 Å². The van der Waals surface area contributed by atoms with Crippen molar-refractivity contribution in [2.75, 3.05) is 20.6 Å². The SMILES string of the molecule is CCN(Cc1ccc(CN(C)C)cc1)C(=O)c1cc(C2CC2)on1. The Morgan fingerprint density at radius 3 is 2.33 bits per heavy atom. The molecule has 5 heteroatoms. The van der Waals surface area contributed by atoms with Gasteiger partial charge in [-0.3, -0.25) is 4.79 Å². The summed E-state index contributed by atoms with van der Waals surface area (Å²) in [6, 6.07) is 10.2. The van der Waals surface area contributed by atoms with Crippen molar-refractivity contribution in [2.24, 2.45) is 0 Å². The minimum atomic E-state index is -0.0643. The van der Waals surface area contributed by atoms with Gasteiger partial charge < -0.3 is 14.3 Å². The lowest BCUT2D eigenvalue weighted by atomic mass is 10.1. The van der Waals surface area contributed by atoms with Crippen molar-refractivity contribution >= 4 is 5.91 Å². The predicted molar refractivity (Wildman–Crippen MR) is 92.7 cm³/mol. The summed E-state index contributed by atoms with van der Waals surface area (Å²) in [6.45, 7) is 4.13. The largest absolute Gasteiger partial charge is 0.360 e. The van der Waals surface area contributed by atoms with Crippen LogP contribution in [0, 0.1) is 0 Å². The van der Waals surface area contributed by atoms with Crippen LogP contribution in [0.15, 0.2) is 34.9 Å². The van der Waals surface area contributed by atoms with Gasteiger partial charge >= 0.3 is 0 Å². The lowest BCUT2D eigenvalue weighted by Crippen LogP contribution is -2.30. The van der Waals surface area contributed by atoms with E-state index in [-0.39, 0.29) is 5.91 Å². The Kier molecular flexibility index (Phi) is 5.00. The van der Waals surface area contributed by atoms with Crippen molar-refractivity contribution in [1.29, 1.82) is 0 Å². The number of carbonyl (C=O) groups excluding carboxylic acids is 1. The van der Waals surface area contributed by atoms with Gasteiger partial charge in [0, 0.05) is 31.6 Å². The zero-order valence-corrected chi connectivity index (χ0v) is 14.7. The Morgan fingerprint density at radius 2 is 1.79 bits per heavy atom. The number of rotatable bonds is 7. The highest BCUT2D eigenvalue weighted by Gasteiger charge is 2.29. The smallest absolute Gasteiger partial charge is 0.276 e. The van der Waals surface area contributed by atoms with Gasteiger partial charge in [0.05, 0.1) is 0 Å². The molecule has 0 bridgehead atoms. The highest BCUT2D eigenvalue weighted by atomic mass is 16.5. The second-order valence-corrected chi connectivity index (χ2v) is 6.76. The summed E-state index contributed by atoms with van der Waals surface area (Å²) in [5.74, 6) is 1.26. The molecule has 5 nitrogen and oxygen atoms in total. The first-order valence-corrected chi connectivity index (χ1v) is 8.55. The van der Waals surface area contributed by atoms with E-state index in [1.54, 1.807) is 4.90 Å².